The van der Waals surface area contributed by atoms with Gasteiger partial charge in [0.1, 0.15) is 6.04 Å². The van der Waals surface area contributed by atoms with E-state index in [1.165, 1.54) is 42.3 Å². The molecule has 0 bridgehead atoms. The standard InChI is InChI=1S/C20H17F2N3O5/c1-20(29-2,19(21)22)16(18(27)25-28)24-17(26)14-9-7-13(8-10-14)5-3-4-6-15-11-23-12-30-15/h7-12,16,19,28H,1-2H3,(H,24,26)(H,25,27)/t16-,20?/m1/s1. The number of carbonyl (C=O) groups excluding carboxylic acids is 2. The van der Waals surface area contributed by atoms with E-state index in [2.05, 4.69) is 34.0 Å². The van der Waals surface area contributed by atoms with Gasteiger partial charge in [0, 0.05) is 18.2 Å². The third-order valence-corrected chi connectivity index (χ3v) is 4.13. The predicted octanol–water partition coefficient (Wildman–Crippen LogP) is 1.35. The average Bonchev–Trinajstić information content (AvgIpc) is 3.27. The van der Waals surface area contributed by atoms with E-state index in [-0.39, 0.29) is 5.56 Å². The van der Waals surface area contributed by atoms with Crippen molar-refractivity contribution in [3.05, 3.63) is 53.7 Å². The molecule has 1 aromatic carbocycles. The number of alkyl halides is 2. The molecule has 1 aromatic heterocycles. The normalized spacial score (nSPS) is 13.1. The zero-order valence-electron chi connectivity index (χ0n) is 15.9. The largest absolute Gasteiger partial charge is 0.435 e. The number of nitrogens with zero attached hydrogens (tertiary/aromatic N) is 1. The van der Waals surface area contributed by atoms with Crippen LogP contribution >= 0.6 is 0 Å². The molecule has 0 spiro atoms. The van der Waals surface area contributed by atoms with Crippen molar-refractivity contribution >= 4 is 11.8 Å². The van der Waals surface area contributed by atoms with Crippen molar-refractivity contribution in [2.24, 2.45) is 0 Å². The maximum absolute atomic E-state index is 13.4. The van der Waals surface area contributed by atoms with Gasteiger partial charge in [-0.15, -0.1) is 0 Å². The Bertz CT molecular complexity index is 1000. The Morgan fingerprint density at radius 3 is 2.43 bits per heavy atom. The van der Waals surface area contributed by atoms with Gasteiger partial charge in [-0.3, -0.25) is 14.8 Å². The summed E-state index contributed by atoms with van der Waals surface area (Å²) in [4.78, 5) is 28.0. The lowest BCUT2D eigenvalue weighted by Gasteiger charge is -2.34. The third-order valence-electron chi connectivity index (χ3n) is 4.13. The van der Waals surface area contributed by atoms with Crippen LogP contribution in [-0.2, 0) is 9.53 Å². The van der Waals surface area contributed by atoms with Gasteiger partial charge in [0.15, 0.2) is 17.8 Å². The van der Waals surface area contributed by atoms with Crippen LogP contribution in [0.25, 0.3) is 0 Å². The van der Waals surface area contributed by atoms with Crippen molar-refractivity contribution in [2.45, 2.75) is 25.0 Å². The van der Waals surface area contributed by atoms with Crippen LogP contribution in [0.3, 0.4) is 0 Å². The zero-order valence-corrected chi connectivity index (χ0v) is 15.9. The number of nitrogens with one attached hydrogen (secondary N) is 2. The molecule has 0 saturated heterocycles. The molecule has 8 nitrogen and oxygen atoms in total. The molecule has 1 unspecified atom stereocenters. The van der Waals surface area contributed by atoms with Crippen LogP contribution in [0.15, 0.2) is 41.3 Å². The van der Waals surface area contributed by atoms with E-state index in [1.807, 2.05) is 0 Å². The number of oxazole rings is 1. The topological polar surface area (TPSA) is 114 Å². The van der Waals surface area contributed by atoms with Crippen LogP contribution in [0.5, 0.6) is 0 Å². The van der Waals surface area contributed by atoms with Crippen LogP contribution in [0.2, 0.25) is 0 Å². The molecule has 0 aliphatic rings. The maximum Gasteiger partial charge on any atom is 0.269 e. The van der Waals surface area contributed by atoms with Gasteiger partial charge in [0.05, 0.1) is 6.20 Å². The first-order chi connectivity index (χ1) is 14.3. The van der Waals surface area contributed by atoms with Crippen molar-refractivity contribution in [2.75, 3.05) is 7.11 Å². The molecule has 0 aliphatic heterocycles. The van der Waals surface area contributed by atoms with E-state index < -0.39 is 29.9 Å². The highest BCUT2D eigenvalue weighted by molar-refractivity contribution is 5.97. The van der Waals surface area contributed by atoms with Crippen LogP contribution in [0.4, 0.5) is 8.78 Å². The van der Waals surface area contributed by atoms with Crippen LogP contribution in [-0.4, -0.2) is 47.2 Å². The van der Waals surface area contributed by atoms with Crippen molar-refractivity contribution in [1.82, 2.24) is 15.8 Å². The highest BCUT2D eigenvalue weighted by Gasteiger charge is 2.48. The van der Waals surface area contributed by atoms with Gasteiger partial charge >= 0.3 is 0 Å². The Hall–Kier alpha value is -3.73. The number of halogens is 2. The first-order valence-corrected chi connectivity index (χ1v) is 8.40. The molecule has 2 rings (SSSR count). The van der Waals surface area contributed by atoms with Gasteiger partial charge in [-0.1, -0.05) is 5.92 Å². The lowest BCUT2D eigenvalue weighted by molar-refractivity contribution is -0.157. The molecule has 3 N–H and O–H groups in total. The Balaban J connectivity index is 2.13. The molecule has 30 heavy (non-hydrogen) atoms. The summed E-state index contributed by atoms with van der Waals surface area (Å²) in [6, 6.07) is 3.96. The van der Waals surface area contributed by atoms with E-state index in [4.69, 9.17) is 14.4 Å². The number of methoxy groups -OCH3 is 1. The lowest BCUT2D eigenvalue weighted by atomic mass is 9.95. The van der Waals surface area contributed by atoms with Gasteiger partial charge in [0.25, 0.3) is 18.2 Å². The predicted molar refractivity (Wildman–Crippen MR) is 99.3 cm³/mol. The summed E-state index contributed by atoms with van der Waals surface area (Å²) in [5.41, 5.74) is -0.490. The van der Waals surface area contributed by atoms with Crippen LogP contribution < -0.4 is 10.8 Å². The number of ether oxygens (including phenoxy) is 1. The fraction of sp³-hybridized carbons (Fsp3) is 0.250. The van der Waals surface area contributed by atoms with Gasteiger partial charge < -0.3 is 14.5 Å². The van der Waals surface area contributed by atoms with Crippen LogP contribution in [0, 0.1) is 23.7 Å². The SMILES string of the molecule is COC(C)(C(F)F)[C@H](NC(=O)c1ccc(C#CC#Cc2cnco2)cc1)C(=O)NO. The Morgan fingerprint density at radius 2 is 1.90 bits per heavy atom. The number of amides is 2. The highest BCUT2D eigenvalue weighted by Crippen LogP contribution is 2.24. The number of rotatable bonds is 6. The first-order valence-electron chi connectivity index (χ1n) is 8.40. The monoisotopic (exact) mass is 417 g/mol. The molecule has 0 radical (unpaired) electrons. The lowest BCUT2D eigenvalue weighted by Crippen LogP contribution is -2.62. The molecule has 2 aromatic rings. The molecule has 0 aliphatic carbocycles. The second kappa shape index (κ2) is 10.2. The fourth-order valence-electron chi connectivity index (χ4n) is 2.26. The number of aromatic nitrogens is 1. The van der Waals surface area contributed by atoms with Crippen LogP contribution in [0.1, 0.15) is 28.6 Å². The number of hydroxylamine groups is 1. The fourth-order valence-corrected chi connectivity index (χ4v) is 2.26. The Morgan fingerprint density at radius 1 is 1.23 bits per heavy atom. The molecule has 156 valence electrons. The molecule has 1 heterocycles. The van der Waals surface area contributed by atoms with Gasteiger partial charge in [-0.05, 0) is 49.0 Å². The molecular formula is C20H17F2N3O5. The minimum atomic E-state index is -3.12. The smallest absolute Gasteiger partial charge is 0.269 e. The highest BCUT2D eigenvalue weighted by atomic mass is 19.3. The number of benzene rings is 1. The zero-order chi connectivity index (χ0) is 22.1. The van der Waals surface area contributed by atoms with Crippen molar-refractivity contribution in [1.29, 1.82) is 0 Å². The van der Waals surface area contributed by atoms with E-state index >= 15 is 0 Å². The van der Waals surface area contributed by atoms with Crippen molar-refractivity contribution < 1.29 is 32.7 Å². The summed E-state index contributed by atoms with van der Waals surface area (Å²) >= 11 is 0. The molecule has 0 fully saturated rings. The molecule has 2 amide bonds. The van der Waals surface area contributed by atoms with E-state index in [0.29, 0.717) is 11.3 Å². The first kappa shape index (κ1) is 22.6. The second-order valence-corrected chi connectivity index (χ2v) is 6.01. The minimum Gasteiger partial charge on any atom is -0.435 e. The maximum atomic E-state index is 13.4. The molecular weight excluding hydrogens is 400 g/mol. The molecule has 2 atom stereocenters. The molecule has 0 saturated carbocycles. The average molecular weight is 417 g/mol. The minimum absolute atomic E-state index is 0.0803. The van der Waals surface area contributed by atoms with E-state index in [9.17, 15) is 18.4 Å². The van der Waals surface area contributed by atoms with Gasteiger partial charge in [-0.2, -0.15) is 0 Å². The van der Waals surface area contributed by atoms with Gasteiger partial charge in [0.2, 0.25) is 0 Å². The van der Waals surface area contributed by atoms with E-state index in [0.717, 1.165) is 14.0 Å². The summed E-state index contributed by atoms with van der Waals surface area (Å²) in [7, 11) is 0.967. The number of hydrogen-bond acceptors (Lipinski definition) is 6. The summed E-state index contributed by atoms with van der Waals surface area (Å²) in [5.74, 6) is 8.87. The third kappa shape index (κ3) is 5.41. The summed E-state index contributed by atoms with van der Waals surface area (Å²) in [5, 5.41) is 11.0. The summed E-state index contributed by atoms with van der Waals surface area (Å²) in [6.07, 6.45) is -0.442. The number of carbonyl (C=O) groups is 2. The summed E-state index contributed by atoms with van der Waals surface area (Å²) < 4.78 is 36.5. The van der Waals surface area contributed by atoms with E-state index in [1.54, 1.807) is 0 Å². The van der Waals surface area contributed by atoms with Gasteiger partial charge in [-0.25, -0.2) is 19.2 Å². The van der Waals surface area contributed by atoms with Crippen molar-refractivity contribution in [3.63, 3.8) is 0 Å². The molecule has 10 heteroatoms. The Kier molecular flexibility index (Phi) is 7.64. The second-order valence-electron chi connectivity index (χ2n) is 6.01. The quantitative estimate of drug-likeness (QED) is 0.372. The summed E-state index contributed by atoms with van der Waals surface area (Å²) in [6.45, 7) is 0.941. The Labute approximate surface area is 170 Å². The van der Waals surface area contributed by atoms with Crippen molar-refractivity contribution in [3.8, 4) is 23.7 Å². The number of hydrogen-bond donors (Lipinski definition) is 3.